The number of amides is 4. The van der Waals surface area contributed by atoms with E-state index in [0.29, 0.717) is 19.5 Å². The summed E-state index contributed by atoms with van der Waals surface area (Å²) in [5.41, 5.74) is 2.50. The van der Waals surface area contributed by atoms with Crippen LogP contribution in [0.3, 0.4) is 0 Å². The van der Waals surface area contributed by atoms with Crippen molar-refractivity contribution in [1.29, 1.82) is 0 Å². The van der Waals surface area contributed by atoms with Crippen molar-refractivity contribution >= 4 is 35.3 Å². The minimum atomic E-state index is -0.901. The molecule has 1 atom stereocenters. The van der Waals surface area contributed by atoms with Crippen molar-refractivity contribution in [3.63, 3.8) is 0 Å². The van der Waals surface area contributed by atoms with Crippen LogP contribution >= 0.6 is 0 Å². The van der Waals surface area contributed by atoms with E-state index in [1.807, 2.05) is 17.3 Å². The Kier molecular flexibility index (Phi) is 6.81. The molecule has 1 aromatic rings. The maximum Gasteiger partial charge on any atom is 0.322 e. The van der Waals surface area contributed by atoms with Gasteiger partial charge in [-0.1, -0.05) is 19.1 Å². The number of anilines is 1. The molecule has 0 spiro atoms. The average Bonchev–Trinajstić information content (AvgIpc) is 3.63. The van der Waals surface area contributed by atoms with E-state index in [1.54, 1.807) is 0 Å². The fraction of sp³-hybridized carbons (Fsp3) is 0.520. The van der Waals surface area contributed by atoms with Crippen LogP contribution in [0.15, 0.2) is 35.5 Å². The second-order valence-electron chi connectivity index (χ2n) is 9.12. The van der Waals surface area contributed by atoms with Crippen molar-refractivity contribution in [3.8, 4) is 0 Å². The molecule has 0 aromatic heterocycles. The van der Waals surface area contributed by atoms with Crippen LogP contribution in [0.25, 0.3) is 5.57 Å². The van der Waals surface area contributed by atoms with Crippen molar-refractivity contribution in [3.05, 3.63) is 36.0 Å². The summed E-state index contributed by atoms with van der Waals surface area (Å²) in [4.78, 5) is 45.5. The monoisotopic (exact) mass is 451 g/mol. The van der Waals surface area contributed by atoms with Gasteiger partial charge in [0.15, 0.2) is 0 Å². The number of nitrogens with zero attached hydrogens (tertiary/aromatic N) is 3. The Morgan fingerprint density at radius 3 is 2.61 bits per heavy atom. The molecular formula is C25H33N5O3. The topological polar surface area (TPSA) is 94.1 Å². The molecule has 8 nitrogen and oxygen atoms in total. The lowest BCUT2D eigenvalue weighted by Gasteiger charge is -2.37. The Bertz CT molecular complexity index is 976. The Labute approximate surface area is 195 Å². The van der Waals surface area contributed by atoms with E-state index in [1.165, 1.54) is 0 Å². The maximum atomic E-state index is 12.9. The highest BCUT2D eigenvalue weighted by atomic mass is 16.2. The molecule has 8 heteroatoms. The number of hydrogen-bond acceptors (Lipinski definition) is 5. The standard InChI is InChI=1S/C25H33N5O3/c1-3-11-26-17-18(2)19-5-4-6-21(16-19)29-12-14-30(15-13-29)22(31)9-10-25(20-7-8-20)23(32)27-24(33)28-25/h4-6,11,16-17,20H,3,7-10,12-15H2,1-2H3,(H2,27,28,32,33)/b18-17+,26-11?. The third-order valence-electron chi connectivity index (χ3n) is 6.83. The summed E-state index contributed by atoms with van der Waals surface area (Å²) in [5.74, 6) is -0.0896. The molecule has 33 heavy (non-hydrogen) atoms. The molecule has 3 aliphatic rings. The van der Waals surface area contributed by atoms with Crippen LogP contribution in [-0.2, 0) is 9.59 Å². The average molecular weight is 452 g/mol. The predicted molar refractivity (Wildman–Crippen MR) is 129 cm³/mol. The highest BCUT2D eigenvalue weighted by molar-refractivity contribution is 6.07. The highest BCUT2D eigenvalue weighted by Crippen LogP contribution is 2.43. The highest BCUT2D eigenvalue weighted by Gasteiger charge is 2.55. The van der Waals surface area contributed by atoms with Crippen molar-refractivity contribution in [1.82, 2.24) is 15.5 Å². The summed E-state index contributed by atoms with van der Waals surface area (Å²) in [6.07, 6.45) is 7.16. The Hall–Kier alpha value is -3.16. The second-order valence-corrected chi connectivity index (χ2v) is 9.12. The minimum Gasteiger partial charge on any atom is -0.368 e. The molecule has 0 bridgehead atoms. The Morgan fingerprint density at radius 2 is 1.97 bits per heavy atom. The Balaban J connectivity index is 1.32. The van der Waals surface area contributed by atoms with Gasteiger partial charge in [-0.3, -0.25) is 19.9 Å². The Morgan fingerprint density at radius 1 is 1.21 bits per heavy atom. The lowest BCUT2D eigenvalue weighted by atomic mass is 9.87. The normalized spacial score (nSPS) is 23.8. The molecule has 2 saturated heterocycles. The molecule has 1 aromatic carbocycles. The number of rotatable bonds is 8. The fourth-order valence-electron chi connectivity index (χ4n) is 4.72. The first-order valence-corrected chi connectivity index (χ1v) is 11.9. The van der Waals surface area contributed by atoms with Gasteiger partial charge in [-0.2, -0.15) is 0 Å². The van der Waals surface area contributed by atoms with Gasteiger partial charge in [0.1, 0.15) is 5.54 Å². The lowest BCUT2D eigenvalue weighted by Crippen LogP contribution is -2.51. The van der Waals surface area contributed by atoms with Gasteiger partial charge in [0.2, 0.25) is 5.91 Å². The second kappa shape index (κ2) is 9.77. The molecular weight excluding hydrogens is 418 g/mol. The summed E-state index contributed by atoms with van der Waals surface area (Å²) in [6, 6.07) is 7.97. The van der Waals surface area contributed by atoms with Gasteiger partial charge in [-0.15, -0.1) is 0 Å². The van der Waals surface area contributed by atoms with Crippen LogP contribution in [0.1, 0.15) is 51.5 Å². The smallest absolute Gasteiger partial charge is 0.322 e. The zero-order valence-corrected chi connectivity index (χ0v) is 19.5. The molecule has 2 heterocycles. The van der Waals surface area contributed by atoms with E-state index in [0.717, 1.165) is 49.2 Å². The molecule has 1 saturated carbocycles. The summed E-state index contributed by atoms with van der Waals surface area (Å²) >= 11 is 0. The van der Waals surface area contributed by atoms with Gasteiger partial charge in [0, 0.05) is 50.7 Å². The minimum absolute atomic E-state index is 0.0462. The van der Waals surface area contributed by atoms with Crippen molar-refractivity contribution < 1.29 is 14.4 Å². The predicted octanol–water partition coefficient (Wildman–Crippen LogP) is 2.95. The van der Waals surface area contributed by atoms with E-state index in [9.17, 15) is 14.4 Å². The van der Waals surface area contributed by atoms with Gasteiger partial charge in [-0.25, -0.2) is 4.79 Å². The van der Waals surface area contributed by atoms with Crippen LogP contribution in [-0.4, -0.2) is 60.7 Å². The first-order chi connectivity index (χ1) is 15.9. The molecule has 3 fully saturated rings. The summed E-state index contributed by atoms with van der Waals surface area (Å²) < 4.78 is 0. The SMILES string of the molecule is CCC=N/C=C(\C)c1cccc(N2CCN(C(=O)CCC3(C4CC4)NC(=O)NC3=O)CC2)c1. The van der Waals surface area contributed by atoms with Crippen LogP contribution in [0.2, 0.25) is 0 Å². The van der Waals surface area contributed by atoms with Gasteiger partial charge >= 0.3 is 6.03 Å². The first-order valence-electron chi connectivity index (χ1n) is 11.9. The van der Waals surface area contributed by atoms with Gasteiger partial charge in [-0.05, 0) is 61.8 Å². The van der Waals surface area contributed by atoms with Crippen LogP contribution in [0.5, 0.6) is 0 Å². The largest absolute Gasteiger partial charge is 0.368 e. The van der Waals surface area contributed by atoms with Gasteiger partial charge in [0.05, 0.1) is 0 Å². The maximum absolute atomic E-state index is 12.9. The van der Waals surface area contributed by atoms with E-state index >= 15 is 0 Å². The van der Waals surface area contributed by atoms with E-state index in [4.69, 9.17) is 0 Å². The first kappa shape index (κ1) is 23.0. The van der Waals surface area contributed by atoms with Crippen LogP contribution in [0.4, 0.5) is 10.5 Å². The third kappa shape index (κ3) is 5.10. The number of piperazine rings is 1. The van der Waals surface area contributed by atoms with E-state index in [-0.39, 0.29) is 24.2 Å². The quantitative estimate of drug-likeness (QED) is 0.469. The number of urea groups is 1. The van der Waals surface area contributed by atoms with Gasteiger partial charge in [0.25, 0.3) is 5.91 Å². The summed E-state index contributed by atoms with van der Waals surface area (Å²) in [6.45, 7) is 6.94. The van der Waals surface area contributed by atoms with Crippen molar-refractivity contribution in [2.45, 2.75) is 51.5 Å². The molecule has 1 aliphatic carbocycles. The van der Waals surface area contributed by atoms with Crippen LogP contribution in [0, 0.1) is 5.92 Å². The number of carbonyl (C=O) groups excluding carboxylic acids is 3. The molecule has 2 aliphatic heterocycles. The number of hydrogen-bond donors (Lipinski definition) is 2. The number of imide groups is 1. The summed E-state index contributed by atoms with van der Waals surface area (Å²) in [7, 11) is 0. The number of allylic oxidation sites excluding steroid dienone is 1. The molecule has 4 rings (SSSR count). The molecule has 2 N–H and O–H groups in total. The zero-order valence-electron chi connectivity index (χ0n) is 19.5. The van der Waals surface area contributed by atoms with E-state index in [2.05, 4.69) is 58.6 Å². The molecule has 176 valence electrons. The molecule has 1 unspecified atom stereocenters. The van der Waals surface area contributed by atoms with Crippen molar-refractivity contribution in [2.75, 3.05) is 31.1 Å². The van der Waals surface area contributed by atoms with Crippen LogP contribution < -0.4 is 15.5 Å². The summed E-state index contributed by atoms with van der Waals surface area (Å²) in [5, 5.41) is 5.16. The molecule has 4 amide bonds. The van der Waals surface area contributed by atoms with E-state index < -0.39 is 11.6 Å². The third-order valence-corrected chi connectivity index (χ3v) is 6.83. The number of benzene rings is 1. The zero-order chi connectivity index (χ0) is 23.4. The van der Waals surface area contributed by atoms with Crippen molar-refractivity contribution in [2.24, 2.45) is 10.9 Å². The molecule has 0 radical (unpaired) electrons. The van der Waals surface area contributed by atoms with Gasteiger partial charge < -0.3 is 15.1 Å². The number of nitrogens with one attached hydrogen (secondary N) is 2. The number of aliphatic imine (C=N–C) groups is 1. The number of carbonyl (C=O) groups is 3. The lowest BCUT2D eigenvalue weighted by molar-refractivity contribution is -0.132. The fourth-order valence-corrected chi connectivity index (χ4v) is 4.72.